The van der Waals surface area contributed by atoms with Crippen LogP contribution in [0.3, 0.4) is 0 Å². The highest BCUT2D eigenvalue weighted by atomic mass is 16.4. The van der Waals surface area contributed by atoms with E-state index in [0.29, 0.717) is 6.42 Å². The number of hydrogen-bond donors (Lipinski definition) is 1. The smallest absolute Gasteiger partial charge is 0.303 e. The Hall–Kier alpha value is -1.05. The zero-order valence-electron chi connectivity index (χ0n) is 13.9. The second-order valence-electron chi connectivity index (χ2n) is 5.74. The molecule has 0 heterocycles. The molecular weight excluding hydrogens is 260 g/mol. The first-order valence-electron chi connectivity index (χ1n) is 8.75. The lowest BCUT2D eigenvalue weighted by atomic mass is 10.1. The summed E-state index contributed by atoms with van der Waals surface area (Å²) in [5.41, 5.74) is 0. The average molecular weight is 294 g/mol. The molecule has 0 aliphatic carbocycles. The topological polar surface area (TPSA) is 37.3 Å². The minimum absolute atomic E-state index is 0.336. The standard InChI is InChI=1S/C19H34O2/c1-2-3-4-5-6-7-8-9-10-11-12-13-14-15-16-17-18-19(20)21/h2-3,5-6H,4,7-18H2,1H3,(H,20,21). The van der Waals surface area contributed by atoms with Crippen LogP contribution >= 0.6 is 0 Å². The van der Waals surface area contributed by atoms with Gasteiger partial charge in [-0.3, -0.25) is 4.79 Å². The van der Waals surface area contributed by atoms with Crippen LogP contribution in [0.15, 0.2) is 24.3 Å². The van der Waals surface area contributed by atoms with Crippen molar-refractivity contribution in [2.45, 2.75) is 90.4 Å². The fourth-order valence-electron chi connectivity index (χ4n) is 2.38. The van der Waals surface area contributed by atoms with Crippen molar-refractivity contribution >= 4 is 5.97 Å². The van der Waals surface area contributed by atoms with Gasteiger partial charge >= 0.3 is 5.97 Å². The van der Waals surface area contributed by atoms with Crippen molar-refractivity contribution in [2.75, 3.05) is 0 Å². The van der Waals surface area contributed by atoms with Crippen LogP contribution < -0.4 is 0 Å². The normalized spacial score (nSPS) is 11.7. The monoisotopic (exact) mass is 294 g/mol. The zero-order chi connectivity index (χ0) is 15.6. The molecule has 1 N–H and O–H groups in total. The summed E-state index contributed by atoms with van der Waals surface area (Å²) >= 11 is 0. The van der Waals surface area contributed by atoms with E-state index < -0.39 is 5.97 Å². The van der Waals surface area contributed by atoms with Gasteiger partial charge in [-0.25, -0.2) is 0 Å². The lowest BCUT2D eigenvalue weighted by Crippen LogP contribution is -1.93. The van der Waals surface area contributed by atoms with Crippen LogP contribution in [-0.2, 0) is 4.79 Å². The number of unbranched alkanes of at least 4 members (excludes halogenated alkanes) is 10. The van der Waals surface area contributed by atoms with Gasteiger partial charge in [-0.15, -0.1) is 0 Å². The number of rotatable bonds is 15. The number of carboxylic acids is 1. The minimum Gasteiger partial charge on any atom is -0.481 e. The first-order valence-corrected chi connectivity index (χ1v) is 8.75. The molecular formula is C19H34O2. The summed E-state index contributed by atoms with van der Waals surface area (Å²) in [6.07, 6.45) is 23.9. The maximum absolute atomic E-state index is 10.3. The van der Waals surface area contributed by atoms with E-state index in [1.54, 1.807) is 0 Å². The summed E-state index contributed by atoms with van der Waals surface area (Å²) in [5.74, 6) is -0.660. The highest BCUT2D eigenvalue weighted by Gasteiger charge is 1.96. The third-order valence-corrected chi connectivity index (χ3v) is 3.69. The molecule has 0 atom stereocenters. The van der Waals surface area contributed by atoms with Crippen LogP contribution in [0.4, 0.5) is 0 Å². The fraction of sp³-hybridized carbons (Fsp3) is 0.737. The number of aliphatic carboxylic acids is 1. The summed E-state index contributed by atoms with van der Waals surface area (Å²) in [6.45, 7) is 2.06. The van der Waals surface area contributed by atoms with Crippen molar-refractivity contribution in [3.63, 3.8) is 0 Å². The summed E-state index contributed by atoms with van der Waals surface area (Å²) in [5, 5.41) is 8.52. The van der Waals surface area contributed by atoms with Crippen LogP contribution in [-0.4, -0.2) is 11.1 Å². The molecule has 122 valence electrons. The van der Waals surface area contributed by atoms with E-state index in [4.69, 9.17) is 5.11 Å². The number of carbonyl (C=O) groups is 1. The molecule has 2 heteroatoms. The van der Waals surface area contributed by atoms with Gasteiger partial charge in [0.2, 0.25) is 0 Å². The first-order chi connectivity index (χ1) is 10.3. The van der Waals surface area contributed by atoms with Crippen molar-refractivity contribution in [1.29, 1.82) is 0 Å². The molecule has 0 radical (unpaired) electrons. The Morgan fingerprint density at radius 1 is 0.762 bits per heavy atom. The van der Waals surface area contributed by atoms with Gasteiger partial charge in [0.15, 0.2) is 0 Å². The van der Waals surface area contributed by atoms with E-state index in [2.05, 4.69) is 31.2 Å². The Balaban J connectivity index is 3.05. The number of hydrogen-bond acceptors (Lipinski definition) is 1. The molecule has 0 spiro atoms. The molecule has 0 rings (SSSR count). The Kier molecular flexibility index (Phi) is 16.2. The SMILES string of the molecule is CC=CCC=CCCCCCCCCCCCCC(=O)O. The van der Waals surface area contributed by atoms with Crippen molar-refractivity contribution in [3.8, 4) is 0 Å². The number of carboxylic acid groups (broad SMARTS) is 1. The van der Waals surface area contributed by atoms with Crippen LogP contribution in [0.1, 0.15) is 90.4 Å². The predicted octanol–water partition coefficient (Wildman–Crippen LogP) is 6.27. The molecule has 0 aromatic heterocycles. The van der Waals surface area contributed by atoms with Gasteiger partial charge in [0.25, 0.3) is 0 Å². The zero-order valence-corrected chi connectivity index (χ0v) is 13.9. The van der Waals surface area contributed by atoms with Crippen LogP contribution in [0, 0.1) is 0 Å². The van der Waals surface area contributed by atoms with Crippen molar-refractivity contribution in [3.05, 3.63) is 24.3 Å². The Bertz CT molecular complexity index is 279. The summed E-state index contributed by atoms with van der Waals surface area (Å²) < 4.78 is 0. The molecule has 0 aromatic carbocycles. The van der Waals surface area contributed by atoms with Gasteiger partial charge < -0.3 is 5.11 Å². The van der Waals surface area contributed by atoms with Gasteiger partial charge in [-0.05, 0) is 32.6 Å². The van der Waals surface area contributed by atoms with E-state index in [1.807, 2.05) is 0 Å². The van der Waals surface area contributed by atoms with Gasteiger partial charge in [0.1, 0.15) is 0 Å². The molecule has 0 unspecified atom stereocenters. The molecule has 0 aliphatic rings. The summed E-state index contributed by atoms with van der Waals surface area (Å²) in [7, 11) is 0. The van der Waals surface area contributed by atoms with Crippen molar-refractivity contribution < 1.29 is 9.90 Å². The second kappa shape index (κ2) is 17.0. The lowest BCUT2D eigenvalue weighted by Gasteiger charge is -2.01. The predicted molar refractivity (Wildman–Crippen MR) is 91.6 cm³/mol. The van der Waals surface area contributed by atoms with Crippen LogP contribution in [0.25, 0.3) is 0 Å². The highest BCUT2D eigenvalue weighted by Crippen LogP contribution is 2.12. The Labute approximate surface area is 131 Å². The molecule has 2 nitrogen and oxygen atoms in total. The second-order valence-corrected chi connectivity index (χ2v) is 5.74. The van der Waals surface area contributed by atoms with E-state index in [9.17, 15) is 4.79 Å². The maximum atomic E-state index is 10.3. The van der Waals surface area contributed by atoms with Crippen molar-refractivity contribution in [2.24, 2.45) is 0 Å². The first kappa shape index (κ1) is 19.9. The van der Waals surface area contributed by atoms with Gasteiger partial charge in [0, 0.05) is 6.42 Å². The van der Waals surface area contributed by atoms with Crippen molar-refractivity contribution in [1.82, 2.24) is 0 Å². The third kappa shape index (κ3) is 18.9. The lowest BCUT2D eigenvalue weighted by molar-refractivity contribution is -0.137. The van der Waals surface area contributed by atoms with E-state index >= 15 is 0 Å². The summed E-state index contributed by atoms with van der Waals surface area (Å²) in [6, 6.07) is 0. The summed E-state index contributed by atoms with van der Waals surface area (Å²) in [4.78, 5) is 10.3. The molecule has 0 aliphatic heterocycles. The Morgan fingerprint density at radius 2 is 1.29 bits per heavy atom. The minimum atomic E-state index is -0.660. The molecule has 21 heavy (non-hydrogen) atoms. The molecule has 0 bridgehead atoms. The van der Waals surface area contributed by atoms with Crippen LogP contribution in [0.2, 0.25) is 0 Å². The van der Waals surface area contributed by atoms with E-state index in [1.165, 1.54) is 57.8 Å². The van der Waals surface area contributed by atoms with Gasteiger partial charge in [-0.2, -0.15) is 0 Å². The fourth-order valence-corrected chi connectivity index (χ4v) is 2.38. The largest absolute Gasteiger partial charge is 0.481 e. The van der Waals surface area contributed by atoms with E-state index in [0.717, 1.165) is 19.3 Å². The molecule has 0 amide bonds. The quantitative estimate of drug-likeness (QED) is 0.285. The molecule has 0 aromatic rings. The molecule has 0 saturated carbocycles. The van der Waals surface area contributed by atoms with Gasteiger partial charge in [0.05, 0.1) is 0 Å². The van der Waals surface area contributed by atoms with Crippen LogP contribution in [0.5, 0.6) is 0 Å². The van der Waals surface area contributed by atoms with Gasteiger partial charge in [-0.1, -0.05) is 75.7 Å². The third-order valence-electron chi connectivity index (χ3n) is 3.69. The van der Waals surface area contributed by atoms with E-state index in [-0.39, 0.29) is 0 Å². The maximum Gasteiger partial charge on any atom is 0.303 e. The Morgan fingerprint density at radius 3 is 1.81 bits per heavy atom. The molecule has 0 saturated heterocycles. The highest BCUT2D eigenvalue weighted by molar-refractivity contribution is 5.66. The molecule has 0 fully saturated rings. The number of allylic oxidation sites excluding steroid dienone is 4. The average Bonchev–Trinajstić information content (AvgIpc) is 2.46.